The zero-order chi connectivity index (χ0) is 90.3. The molecule has 0 atom stereocenters. The molecule has 31 aromatic rings. The van der Waals surface area contributed by atoms with E-state index in [1.807, 2.05) is 24.3 Å². The van der Waals surface area contributed by atoms with Gasteiger partial charge in [0.2, 0.25) is 17.8 Å². The van der Waals surface area contributed by atoms with Crippen LogP contribution in [0.3, 0.4) is 0 Å². The highest BCUT2D eigenvalue weighted by molar-refractivity contribution is 6.39. The van der Waals surface area contributed by atoms with Gasteiger partial charge in [0.05, 0.1) is 66.7 Å². The molecule has 0 radical (unpaired) electrons. The highest BCUT2D eigenvalue weighted by Gasteiger charge is 2.31. The summed E-state index contributed by atoms with van der Waals surface area (Å²) in [5, 5.41) is 30.3. The summed E-state index contributed by atoms with van der Waals surface area (Å²) in [5.74, 6) is 1.93. The molecule has 0 fully saturated rings. The minimum absolute atomic E-state index is 0.637. The van der Waals surface area contributed by atoms with E-state index in [4.69, 9.17) is 43.2 Å². The Bertz CT molecular complexity index is 10600. The predicted octanol–water partition coefficient (Wildman–Crippen LogP) is 33.5. The predicted molar refractivity (Wildman–Crippen MR) is 570 cm³/mol. The van der Waals surface area contributed by atoms with Crippen molar-refractivity contribution in [1.29, 1.82) is 0 Å². The fourth-order valence-corrected chi connectivity index (χ4v) is 22.2. The van der Waals surface area contributed by atoms with Crippen LogP contribution in [0.5, 0.6) is 0 Å². The van der Waals surface area contributed by atoms with Crippen molar-refractivity contribution in [2.24, 2.45) is 0 Å². The van der Waals surface area contributed by atoms with Gasteiger partial charge in [-0.15, -0.1) is 0 Å². The van der Waals surface area contributed by atoms with Gasteiger partial charge in [-0.25, -0.2) is 29.9 Å². The van der Waals surface area contributed by atoms with E-state index in [0.29, 0.717) is 17.8 Å². The second-order valence-corrected chi connectivity index (χ2v) is 35.6. The number of para-hydroxylation sites is 9. The number of benzene rings is 22. The van der Waals surface area contributed by atoms with E-state index in [9.17, 15) is 0 Å². The Hall–Kier alpha value is -18.8. The van der Waals surface area contributed by atoms with Gasteiger partial charge in [0.1, 0.15) is 33.5 Å². The van der Waals surface area contributed by atoms with Crippen molar-refractivity contribution in [3.63, 3.8) is 0 Å². The normalized spacial score (nSPS) is 12.1. The van der Waals surface area contributed by atoms with Crippen LogP contribution in [0.15, 0.2) is 456 Å². The maximum absolute atomic E-state index is 6.61. The zero-order valence-corrected chi connectivity index (χ0v) is 73.9. The number of furan rings is 3. The Labute approximate surface area is 785 Å². The maximum atomic E-state index is 6.61. The first-order valence-corrected chi connectivity index (χ1v) is 46.6. The van der Waals surface area contributed by atoms with E-state index in [1.54, 1.807) is 0 Å². The summed E-state index contributed by atoms with van der Waals surface area (Å²) in [6.45, 7) is 0. The summed E-state index contributed by atoms with van der Waals surface area (Å²) in [5.41, 5.74) is 22.9. The topological polar surface area (TPSA) is 132 Å². The fraction of sp³-hybridized carbons (Fsp3) is 0. The molecule has 0 bridgehead atoms. The minimum Gasteiger partial charge on any atom is -0.455 e. The second kappa shape index (κ2) is 30.4. The van der Waals surface area contributed by atoms with Crippen LogP contribution in [0.4, 0.5) is 0 Å². The SMILES string of the molecule is c1ccc(-c2ccc(-c3nc(-n4c5ccccc5c5c6c7ccccc7oc6c6ccccc6c54)nc4ccccc34)c3ccccc23)cc1.c1ccc2c(-c3nc(-n4c5ccccc5c5c6c7ccccc7oc6c6ccccc6c54)nc4ccccc34)cccc2c1.c1ccc2cc(-c3nc(-n4c5ccccc5c5c6c7ccccc7oc6c6ccccc6c54)nc4ccccc34)ccc2c1. The molecular formula is C126H73N9O3. The van der Waals surface area contributed by atoms with Crippen molar-refractivity contribution in [3.05, 3.63) is 443 Å². The van der Waals surface area contributed by atoms with Gasteiger partial charge in [-0.3, -0.25) is 13.7 Å². The van der Waals surface area contributed by atoms with E-state index in [0.717, 1.165) is 235 Å². The molecule has 22 aromatic carbocycles. The highest BCUT2D eigenvalue weighted by Crippen LogP contribution is 2.52. The fourth-order valence-electron chi connectivity index (χ4n) is 22.2. The van der Waals surface area contributed by atoms with Gasteiger partial charge in [-0.05, 0) is 104 Å². The lowest BCUT2D eigenvalue weighted by Gasteiger charge is -2.15. The molecule has 0 aliphatic rings. The molecule has 0 spiro atoms. The van der Waals surface area contributed by atoms with Crippen LogP contribution in [-0.4, -0.2) is 43.6 Å². The summed E-state index contributed by atoms with van der Waals surface area (Å²) in [6, 6.07) is 155. The average Bonchev–Trinajstić information content (AvgIpc) is 1.54. The number of aromatic nitrogens is 9. The van der Waals surface area contributed by atoms with E-state index in [1.165, 1.54) is 38.1 Å². The largest absolute Gasteiger partial charge is 0.455 e. The average molecular weight is 1760 g/mol. The number of hydrogen-bond donors (Lipinski definition) is 0. The standard InChI is InChI=1S/C46H27N3O.2C40H23N3O/c1-2-14-28(15-3-1)29-26-27-32(31-17-5-4-16-30(29)31)43-35-20-8-11-23-38(35)47-46(48-43)49-39-24-12-9-21-36(39)41-42-37-22-10-13-25-40(37)50-45(42)34-19-7-6-18-33(34)44(41)49;1-2-14-25-24(12-1)13-11-20-26(25)37-29-17-5-8-21-32(29)41-40(42-37)43-33-22-9-6-18-30(33)35-36-31-19-7-10-23-34(31)44-39(36)28-16-4-3-15-27(28)38(35)43;1-2-12-25-23-26(22-21-24(25)11-1)37-29-15-5-8-18-32(29)41-40(42-37)43-33-19-9-6-16-30(33)35-36-31-17-7-10-20-34(31)44-39(36)28-14-4-3-13-27(28)38(35)43/h1-27H;2*1-23H. The van der Waals surface area contributed by atoms with Crippen LogP contribution in [0.2, 0.25) is 0 Å². The van der Waals surface area contributed by atoms with Crippen molar-refractivity contribution < 1.29 is 13.3 Å². The Balaban J connectivity index is 0.000000100. The van der Waals surface area contributed by atoms with Crippen molar-refractivity contribution in [1.82, 2.24) is 43.6 Å². The molecule has 138 heavy (non-hydrogen) atoms. The highest BCUT2D eigenvalue weighted by atomic mass is 16.3. The van der Waals surface area contributed by atoms with Gasteiger partial charge < -0.3 is 13.3 Å². The Morgan fingerprint density at radius 3 is 0.913 bits per heavy atom. The van der Waals surface area contributed by atoms with Crippen LogP contribution >= 0.6 is 0 Å². The Morgan fingerprint density at radius 2 is 0.471 bits per heavy atom. The monoisotopic (exact) mass is 1760 g/mol. The van der Waals surface area contributed by atoms with Gasteiger partial charge in [0.25, 0.3) is 0 Å². The van der Waals surface area contributed by atoms with Crippen LogP contribution in [0.1, 0.15) is 0 Å². The molecule has 640 valence electrons. The zero-order valence-electron chi connectivity index (χ0n) is 73.9. The van der Waals surface area contributed by atoms with E-state index < -0.39 is 0 Å². The summed E-state index contributed by atoms with van der Waals surface area (Å²) in [6.07, 6.45) is 0. The van der Waals surface area contributed by atoms with E-state index >= 15 is 0 Å². The first kappa shape index (κ1) is 76.9. The first-order valence-electron chi connectivity index (χ1n) is 46.6. The number of nitrogens with zero attached hydrogens (tertiary/aromatic N) is 9. The number of hydrogen-bond acceptors (Lipinski definition) is 9. The molecule has 0 saturated carbocycles. The number of fused-ring (bicyclic) bond motifs is 36. The van der Waals surface area contributed by atoms with Crippen LogP contribution in [0, 0.1) is 0 Å². The van der Waals surface area contributed by atoms with Crippen molar-refractivity contribution in [2.75, 3.05) is 0 Å². The molecule has 0 amide bonds. The van der Waals surface area contributed by atoms with Gasteiger partial charge in [0, 0.05) is 130 Å². The van der Waals surface area contributed by atoms with Gasteiger partial charge in [-0.1, -0.05) is 382 Å². The summed E-state index contributed by atoms with van der Waals surface area (Å²) in [4.78, 5) is 32.1. The summed E-state index contributed by atoms with van der Waals surface area (Å²) in [7, 11) is 0. The quantitative estimate of drug-likeness (QED) is 0.153. The molecular weight excluding hydrogens is 1690 g/mol. The molecule has 0 aliphatic heterocycles. The lowest BCUT2D eigenvalue weighted by molar-refractivity contribution is 0.672. The molecule has 0 N–H and O–H groups in total. The maximum Gasteiger partial charge on any atom is 0.235 e. The van der Waals surface area contributed by atoms with Crippen molar-refractivity contribution >= 4 is 229 Å². The van der Waals surface area contributed by atoms with Crippen LogP contribution in [0.25, 0.3) is 291 Å². The molecule has 0 saturated heterocycles. The first-order chi connectivity index (χ1) is 68.5. The molecule has 12 nitrogen and oxygen atoms in total. The van der Waals surface area contributed by atoms with Gasteiger partial charge in [-0.2, -0.15) is 0 Å². The summed E-state index contributed by atoms with van der Waals surface area (Å²) >= 11 is 0. The molecule has 9 aromatic heterocycles. The smallest absolute Gasteiger partial charge is 0.235 e. The van der Waals surface area contributed by atoms with Crippen molar-refractivity contribution in [2.45, 2.75) is 0 Å². The second-order valence-electron chi connectivity index (χ2n) is 35.6. The minimum atomic E-state index is 0.637. The molecule has 0 aliphatic carbocycles. The third kappa shape index (κ3) is 11.6. The number of rotatable bonds is 7. The third-order valence-electron chi connectivity index (χ3n) is 28.1. The lowest BCUT2D eigenvalue weighted by atomic mass is 9.93. The molecule has 12 heteroatoms. The van der Waals surface area contributed by atoms with Crippen molar-refractivity contribution in [3.8, 4) is 62.7 Å². The van der Waals surface area contributed by atoms with Crippen LogP contribution < -0.4 is 0 Å². The van der Waals surface area contributed by atoms with E-state index in [2.05, 4.69) is 432 Å². The Morgan fingerprint density at radius 1 is 0.167 bits per heavy atom. The molecule has 31 rings (SSSR count). The van der Waals surface area contributed by atoms with Crippen LogP contribution in [-0.2, 0) is 0 Å². The van der Waals surface area contributed by atoms with Gasteiger partial charge in [0.15, 0.2) is 0 Å². The third-order valence-corrected chi connectivity index (χ3v) is 28.1. The molecule has 9 heterocycles. The molecule has 0 unspecified atom stereocenters. The summed E-state index contributed by atoms with van der Waals surface area (Å²) < 4.78 is 26.5. The Kier molecular flexibility index (Phi) is 16.9. The van der Waals surface area contributed by atoms with E-state index in [-0.39, 0.29) is 0 Å². The van der Waals surface area contributed by atoms with Gasteiger partial charge >= 0.3 is 0 Å². The lowest BCUT2D eigenvalue weighted by Crippen LogP contribution is -2.04.